The van der Waals surface area contributed by atoms with Gasteiger partial charge in [0.15, 0.2) is 5.82 Å². The first kappa shape index (κ1) is 12.8. The molecule has 1 heterocycles. The molecule has 0 fully saturated rings. The highest BCUT2D eigenvalue weighted by Crippen LogP contribution is 2.10. The number of benzene rings is 1. The predicted octanol–water partition coefficient (Wildman–Crippen LogP) is 1.68. The van der Waals surface area contributed by atoms with Crippen molar-refractivity contribution in [2.75, 3.05) is 5.32 Å². The Morgan fingerprint density at radius 2 is 1.89 bits per heavy atom. The fourth-order valence-corrected chi connectivity index (χ4v) is 1.54. The molecule has 0 atom stereocenters. The van der Waals surface area contributed by atoms with Crippen LogP contribution in [0.15, 0.2) is 42.6 Å². The number of rotatable bonds is 5. The molecule has 0 radical (unpaired) electrons. The Kier molecular flexibility index (Phi) is 3.92. The Balaban J connectivity index is 1.98. The van der Waals surface area contributed by atoms with Crippen molar-refractivity contribution in [1.29, 1.82) is 0 Å². The lowest BCUT2D eigenvalue weighted by molar-refractivity contribution is -0.138. The van der Waals surface area contributed by atoms with E-state index in [0.717, 1.165) is 5.69 Å². The molecule has 6 heteroatoms. The molecule has 2 rings (SSSR count). The fraction of sp³-hybridized carbons (Fsp3) is 0.154. The molecule has 0 spiro atoms. The molecule has 0 saturated heterocycles. The Bertz CT molecular complexity index is 578. The first-order valence-corrected chi connectivity index (χ1v) is 5.78. The third-order valence-electron chi connectivity index (χ3n) is 2.44. The van der Waals surface area contributed by atoms with E-state index in [1.165, 1.54) is 0 Å². The first-order chi connectivity index (χ1) is 9.15. The van der Waals surface area contributed by atoms with Gasteiger partial charge in [0.1, 0.15) is 0 Å². The quantitative estimate of drug-likeness (QED) is 0.855. The van der Waals surface area contributed by atoms with Gasteiger partial charge in [-0.05, 0) is 12.1 Å². The lowest BCUT2D eigenvalue weighted by Gasteiger charge is -2.01. The van der Waals surface area contributed by atoms with Crippen LogP contribution in [0.3, 0.4) is 0 Å². The largest absolute Gasteiger partial charge is 0.481 e. The van der Waals surface area contributed by atoms with Crippen molar-refractivity contribution in [3.63, 3.8) is 0 Å². The van der Waals surface area contributed by atoms with Gasteiger partial charge in [-0.2, -0.15) is 5.10 Å². The SMILES string of the molecule is O=C(O)CCC(=O)Nc1ccn(-c2ccccc2)n1. The molecule has 98 valence electrons. The van der Waals surface area contributed by atoms with Gasteiger partial charge in [0.05, 0.1) is 12.1 Å². The highest BCUT2D eigenvalue weighted by atomic mass is 16.4. The molecule has 0 bridgehead atoms. The van der Waals surface area contributed by atoms with E-state index in [0.29, 0.717) is 5.82 Å². The number of aromatic nitrogens is 2. The predicted molar refractivity (Wildman–Crippen MR) is 69.1 cm³/mol. The molecule has 1 amide bonds. The molecule has 0 aliphatic rings. The molecule has 0 unspecified atom stereocenters. The van der Waals surface area contributed by atoms with Crippen molar-refractivity contribution in [2.24, 2.45) is 0 Å². The Morgan fingerprint density at radius 1 is 1.16 bits per heavy atom. The normalized spacial score (nSPS) is 10.1. The minimum atomic E-state index is -0.995. The second kappa shape index (κ2) is 5.81. The van der Waals surface area contributed by atoms with Gasteiger partial charge in [-0.1, -0.05) is 18.2 Å². The van der Waals surface area contributed by atoms with Gasteiger partial charge >= 0.3 is 5.97 Å². The van der Waals surface area contributed by atoms with Gasteiger partial charge in [-0.3, -0.25) is 9.59 Å². The number of nitrogens with one attached hydrogen (secondary N) is 1. The highest BCUT2D eigenvalue weighted by molar-refractivity contribution is 5.91. The fourth-order valence-electron chi connectivity index (χ4n) is 1.54. The van der Waals surface area contributed by atoms with Crippen LogP contribution in [-0.2, 0) is 9.59 Å². The minimum absolute atomic E-state index is 0.0620. The van der Waals surface area contributed by atoms with E-state index in [4.69, 9.17) is 5.11 Å². The highest BCUT2D eigenvalue weighted by Gasteiger charge is 2.07. The Labute approximate surface area is 109 Å². The maximum absolute atomic E-state index is 11.4. The topological polar surface area (TPSA) is 84.2 Å². The van der Waals surface area contributed by atoms with Crippen molar-refractivity contribution < 1.29 is 14.7 Å². The number of anilines is 1. The molecule has 2 N–H and O–H groups in total. The van der Waals surface area contributed by atoms with Gasteiger partial charge in [-0.15, -0.1) is 0 Å². The summed E-state index contributed by atoms with van der Waals surface area (Å²) in [6, 6.07) is 11.1. The van der Waals surface area contributed by atoms with Gasteiger partial charge in [0.2, 0.25) is 5.91 Å². The molecule has 0 aliphatic carbocycles. The van der Waals surface area contributed by atoms with Crippen LogP contribution >= 0.6 is 0 Å². The summed E-state index contributed by atoms with van der Waals surface area (Å²) in [6.45, 7) is 0. The molecule has 2 aromatic rings. The van der Waals surface area contributed by atoms with Crippen LogP contribution in [0, 0.1) is 0 Å². The van der Waals surface area contributed by atoms with Crippen LogP contribution < -0.4 is 5.32 Å². The van der Waals surface area contributed by atoms with Crippen molar-refractivity contribution in [3.05, 3.63) is 42.6 Å². The zero-order valence-corrected chi connectivity index (χ0v) is 10.1. The monoisotopic (exact) mass is 259 g/mol. The number of carbonyl (C=O) groups is 2. The molecule has 19 heavy (non-hydrogen) atoms. The number of aliphatic carboxylic acids is 1. The van der Waals surface area contributed by atoms with E-state index in [1.54, 1.807) is 16.9 Å². The smallest absolute Gasteiger partial charge is 0.303 e. The second-order valence-electron chi connectivity index (χ2n) is 3.92. The molecule has 1 aromatic carbocycles. The van der Waals surface area contributed by atoms with Crippen LogP contribution in [0.2, 0.25) is 0 Å². The molecular formula is C13H13N3O3. The number of amides is 1. The standard InChI is InChI=1S/C13H13N3O3/c17-12(6-7-13(18)19)14-11-8-9-16(15-11)10-4-2-1-3-5-10/h1-5,8-9H,6-7H2,(H,18,19)(H,14,15,17). The Hall–Kier alpha value is -2.63. The second-order valence-corrected chi connectivity index (χ2v) is 3.92. The summed E-state index contributed by atoms with van der Waals surface area (Å²) in [4.78, 5) is 21.8. The average molecular weight is 259 g/mol. The average Bonchev–Trinajstić information content (AvgIpc) is 2.86. The molecule has 0 saturated carbocycles. The number of hydrogen-bond acceptors (Lipinski definition) is 3. The molecule has 6 nitrogen and oxygen atoms in total. The van der Waals surface area contributed by atoms with Crippen LogP contribution in [0.4, 0.5) is 5.82 Å². The molecular weight excluding hydrogens is 246 g/mol. The summed E-state index contributed by atoms with van der Waals surface area (Å²) in [5, 5.41) is 15.2. The lowest BCUT2D eigenvalue weighted by Crippen LogP contribution is -2.13. The van der Waals surface area contributed by atoms with Crippen molar-refractivity contribution >= 4 is 17.7 Å². The summed E-state index contributed by atoms with van der Waals surface area (Å²) >= 11 is 0. The molecule has 1 aromatic heterocycles. The summed E-state index contributed by atoms with van der Waals surface area (Å²) in [5.74, 6) is -0.954. The van der Waals surface area contributed by atoms with Crippen LogP contribution in [0.5, 0.6) is 0 Å². The number of para-hydroxylation sites is 1. The third kappa shape index (κ3) is 3.67. The molecule has 0 aliphatic heterocycles. The maximum Gasteiger partial charge on any atom is 0.303 e. The van der Waals surface area contributed by atoms with E-state index in [1.807, 2.05) is 30.3 Å². The van der Waals surface area contributed by atoms with Crippen LogP contribution in [0.25, 0.3) is 5.69 Å². The zero-order chi connectivity index (χ0) is 13.7. The minimum Gasteiger partial charge on any atom is -0.481 e. The Morgan fingerprint density at radius 3 is 2.58 bits per heavy atom. The van der Waals surface area contributed by atoms with E-state index in [2.05, 4.69) is 10.4 Å². The van der Waals surface area contributed by atoms with Gasteiger partial charge < -0.3 is 10.4 Å². The summed E-state index contributed by atoms with van der Waals surface area (Å²) in [5.41, 5.74) is 0.883. The number of carbonyl (C=O) groups excluding carboxylic acids is 1. The van der Waals surface area contributed by atoms with E-state index in [-0.39, 0.29) is 18.7 Å². The van der Waals surface area contributed by atoms with Gasteiger partial charge in [0.25, 0.3) is 0 Å². The van der Waals surface area contributed by atoms with Crippen LogP contribution in [-0.4, -0.2) is 26.8 Å². The van der Waals surface area contributed by atoms with Crippen LogP contribution in [0.1, 0.15) is 12.8 Å². The van der Waals surface area contributed by atoms with Gasteiger partial charge in [-0.25, -0.2) is 4.68 Å². The van der Waals surface area contributed by atoms with Crippen molar-refractivity contribution in [2.45, 2.75) is 12.8 Å². The summed E-state index contributed by atoms with van der Waals surface area (Å²) in [7, 11) is 0. The zero-order valence-electron chi connectivity index (χ0n) is 10.1. The lowest BCUT2D eigenvalue weighted by atomic mass is 10.3. The first-order valence-electron chi connectivity index (χ1n) is 5.78. The van der Waals surface area contributed by atoms with Crippen molar-refractivity contribution in [1.82, 2.24) is 9.78 Å². The number of nitrogens with zero attached hydrogens (tertiary/aromatic N) is 2. The maximum atomic E-state index is 11.4. The van der Waals surface area contributed by atoms with E-state index < -0.39 is 5.97 Å². The number of hydrogen-bond donors (Lipinski definition) is 2. The third-order valence-corrected chi connectivity index (χ3v) is 2.44. The van der Waals surface area contributed by atoms with Gasteiger partial charge in [0, 0.05) is 18.7 Å². The van der Waals surface area contributed by atoms with Crippen molar-refractivity contribution in [3.8, 4) is 5.69 Å². The number of carboxylic acid groups (broad SMARTS) is 1. The van der Waals surface area contributed by atoms with E-state index in [9.17, 15) is 9.59 Å². The number of carboxylic acids is 1. The summed E-state index contributed by atoms with van der Waals surface area (Å²) < 4.78 is 1.63. The summed E-state index contributed by atoms with van der Waals surface area (Å²) in [6.07, 6.45) is 1.47. The van der Waals surface area contributed by atoms with E-state index >= 15 is 0 Å².